The molecule has 0 fully saturated rings. The fourth-order valence-electron chi connectivity index (χ4n) is 5.12. The van der Waals surface area contributed by atoms with E-state index in [1.165, 1.54) is 22.3 Å². The second-order valence-electron chi connectivity index (χ2n) is 7.57. The summed E-state index contributed by atoms with van der Waals surface area (Å²) in [6.45, 7) is 2.21. The van der Waals surface area contributed by atoms with Gasteiger partial charge in [-0.2, -0.15) is 0 Å². The van der Waals surface area contributed by atoms with Crippen molar-refractivity contribution in [2.45, 2.75) is 18.8 Å². The van der Waals surface area contributed by atoms with E-state index in [0.717, 1.165) is 0 Å². The number of rotatable bonds is 2. The summed E-state index contributed by atoms with van der Waals surface area (Å²) >= 11 is 6.27. The summed E-state index contributed by atoms with van der Waals surface area (Å²) in [5.41, 5.74) is 6.00. The van der Waals surface area contributed by atoms with Crippen molar-refractivity contribution >= 4 is 23.2 Å². The summed E-state index contributed by atoms with van der Waals surface area (Å²) in [5, 5.41) is 3.66. The first-order valence-electron chi connectivity index (χ1n) is 9.40. The van der Waals surface area contributed by atoms with Gasteiger partial charge in [0.25, 0.3) is 0 Å². The van der Waals surface area contributed by atoms with Gasteiger partial charge in [-0.3, -0.25) is 4.79 Å². The van der Waals surface area contributed by atoms with Gasteiger partial charge in [0, 0.05) is 11.8 Å². The molecule has 1 amide bonds. The molecule has 134 valence electrons. The van der Waals surface area contributed by atoms with E-state index in [2.05, 4.69) is 60.8 Å². The number of hydrogen-bond donors (Lipinski definition) is 1. The number of benzene rings is 3. The number of anilines is 1. The van der Waals surface area contributed by atoms with Crippen LogP contribution in [-0.4, -0.2) is 5.91 Å². The topological polar surface area (TPSA) is 29.1 Å². The molecule has 0 spiro atoms. The van der Waals surface area contributed by atoms with Crippen LogP contribution in [0.25, 0.3) is 0 Å². The molecule has 3 heteroatoms. The second-order valence-corrected chi connectivity index (χ2v) is 7.97. The van der Waals surface area contributed by atoms with E-state index in [0.29, 0.717) is 10.7 Å². The first-order chi connectivity index (χ1) is 13.2. The van der Waals surface area contributed by atoms with Crippen LogP contribution in [0.2, 0.25) is 5.02 Å². The Labute approximate surface area is 164 Å². The van der Waals surface area contributed by atoms with E-state index in [-0.39, 0.29) is 29.6 Å². The van der Waals surface area contributed by atoms with Crippen molar-refractivity contribution in [2.75, 3.05) is 5.32 Å². The van der Waals surface area contributed by atoms with Crippen molar-refractivity contribution in [1.82, 2.24) is 0 Å². The first-order valence-corrected chi connectivity index (χ1v) is 9.77. The number of nitrogens with one attached hydrogen (secondary N) is 1. The highest BCUT2D eigenvalue weighted by atomic mass is 35.5. The minimum atomic E-state index is -0.115. The molecule has 0 saturated carbocycles. The molecule has 0 unspecified atom stereocenters. The highest BCUT2D eigenvalue weighted by Gasteiger charge is 2.50. The zero-order valence-corrected chi connectivity index (χ0v) is 15.8. The van der Waals surface area contributed by atoms with Gasteiger partial charge in [-0.25, -0.2) is 0 Å². The summed E-state index contributed by atoms with van der Waals surface area (Å²) in [5.74, 6) is 0.497. The van der Waals surface area contributed by atoms with Gasteiger partial charge in [0.1, 0.15) is 0 Å². The van der Waals surface area contributed by atoms with E-state index in [1.54, 1.807) is 6.07 Å². The van der Waals surface area contributed by atoms with Crippen LogP contribution in [0.5, 0.6) is 0 Å². The van der Waals surface area contributed by atoms with Crippen LogP contribution in [0.15, 0.2) is 72.8 Å². The summed E-state index contributed by atoms with van der Waals surface area (Å²) in [6.07, 6.45) is 0. The quantitative estimate of drug-likeness (QED) is 0.602. The molecule has 3 aromatic rings. The average Bonchev–Trinajstić information content (AvgIpc) is 2.69. The van der Waals surface area contributed by atoms with E-state index < -0.39 is 0 Å². The lowest BCUT2D eigenvalue weighted by molar-refractivity contribution is -0.122. The third kappa shape index (κ3) is 2.44. The normalized spacial score (nSPS) is 24.8. The third-order valence-corrected chi connectivity index (χ3v) is 6.55. The van der Waals surface area contributed by atoms with Crippen molar-refractivity contribution in [1.29, 1.82) is 0 Å². The van der Waals surface area contributed by atoms with Crippen LogP contribution < -0.4 is 5.32 Å². The average molecular weight is 374 g/mol. The Balaban J connectivity index is 1.61. The van der Waals surface area contributed by atoms with Gasteiger partial charge in [-0.05, 0) is 40.3 Å². The van der Waals surface area contributed by atoms with Crippen molar-refractivity contribution in [2.24, 2.45) is 11.8 Å². The van der Waals surface area contributed by atoms with Crippen LogP contribution in [0.4, 0.5) is 5.69 Å². The van der Waals surface area contributed by atoms with Crippen molar-refractivity contribution in [3.8, 4) is 0 Å². The summed E-state index contributed by atoms with van der Waals surface area (Å²) in [4.78, 5) is 13.4. The Bertz CT molecular complexity index is 996. The number of amides is 1. The molecule has 0 aromatic heterocycles. The van der Waals surface area contributed by atoms with Crippen LogP contribution in [0.3, 0.4) is 0 Å². The highest BCUT2D eigenvalue weighted by molar-refractivity contribution is 6.33. The fraction of sp³-hybridized carbons (Fsp3) is 0.208. The largest absolute Gasteiger partial charge is 0.324 e. The van der Waals surface area contributed by atoms with Gasteiger partial charge in [0.15, 0.2) is 0 Å². The van der Waals surface area contributed by atoms with Crippen LogP contribution in [-0.2, 0) is 4.79 Å². The number of halogens is 1. The van der Waals surface area contributed by atoms with Gasteiger partial charge in [0.2, 0.25) is 5.91 Å². The molecule has 0 radical (unpaired) electrons. The van der Waals surface area contributed by atoms with Crippen LogP contribution in [0, 0.1) is 11.8 Å². The van der Waals surface area contributed by atoms with E-state index in [1.807, 2.05) is 18.2 Å². The SMILES string of the molecule is C[C@@H]1C2c3ccccc3C(c3ccccc32)[C@@H]1C(=O)Nc1ccccc1Cl. The third-order valence-electron chi connectivity index (χ3n) is 6.22. The van der Waals surface area contributed by atoms with Gasteiger partial charge in [-0.1, -0.05) is 79.2 Å². The Morgan fingerprint density at radius 3 is 1.81 bits per heavy atom. The van der Waals surface area contributed by atoms with E-state index in [4.69, 9.17) is 11.6 Å². The maximum Gasteiger partial charge on any atom is 0.228 e. The number of hydrogen-bond acceptors (Lipinski definition) is 1. The number of para-hydroxylation sites is 1. The molecule has 3 aliphatic rings. The molecule has 2 atom stereocenters. The maximum absolute atomic E-state index is 13.4. The molecule has 3 aromatic carbocycles. The molecular formula is C24H20ClNO. The molecule has 1 N–H and O–H groups in total. The Morgan fingerprint density at radius 2 is 1.26 bits per heavy atom. The molecule has 0 aliphatic heterocycles. The van der Waals surface area contributed by atoms with Crippen molar-refractivity contribution in [3.63, 3.8) is 0 Å². The molecule has 0 heterocycles. The molecule has 2 bridgehead atoms. The first kappa shape index (κ1) is 16.6. The number of carbonyl (C=O) groups is 1. The Morgan fingerprint density at radius 1 is 0.778 bits per heavy atom. The lowest BCUT2D eigenvalue weighted by atomic mass is 9.54. The molecule has 3 aliphatic carbocycles. The van der Waals surface area contributed by atoms with Crippen LogP contribution in [0.1, 0.15) is 41.0 Å². The summed E-state index contributed by atoms with van der Waals surface area (Å²) in [6, 6.07) is 24.6. The number of fused-ring (bicyclic) bond motifs is 1. The molecule has 2 nitrogen and oxygen atoms in total. The van der Waals surface area contributed by atoms with Gasteiger partial charge in [-0.15, -0.1) is 0 Å². The minimum absolute atomic E-state index is 0.0506. The van der Waals surface area contributed by atoms with Gasteiger partial charge in [0.05, 0.1) is 16.6 Å². The number of carbonyl (C=O) groups excluding carboxylic acids is 1. The van der Waals surface area contributed by atoms with Crippen molar-refractivity contribution < 1.29 is 4.79 Å². The zero-order chi connectivity index (χ0) is 18.5. The molecule has 27 heavy (non-hydrogen) atoms. The Hall–Kier alpha value is -2.58. The molecule has 6 rings (SSSR count). The lowest BCUT2D eigenvalue weighted by Crippen LogP contribution is -2.44. The zero-order valence-electron chi connectivity index (χ0n) is 15.0. The second kappa shape index (κ2) is 6.24. The van der Waals surface area contributed by atoms with E-state index >= 15 is 0 Å². The van der Waals surface area contributed by atoms with Gasteiger partial charge < -0.3 is 5.32 Å². The predicted molar refractivity (Wildman–Crippen MR) is 109 cm³/mol. The van der Waals surface area contributed by atoms with E-state index in [9.17, 15) is 4.79 Å². The highest BCUT2D eigenvalue weighted by Crippen LogP contribution is 2.58. The standard InChI is InChI=1S/C24H20ClNO/c1-14-21-15-8-2-4-10-17(15)23(18-11-5-3-9-16(18)21)22(14)24(27)26-20-13-7-6-12-19(20)25/h2-14,21-23H,1H3,(H,26,27)/t14-,21?,22-,23?/m1/s1. The minimum Gasteiger partial charge on any atom is -0.324 e. The summed E-state index contributed by atoms with van der Waals surface area (Å²) < 4.78 is 0. The molecule has 0 saturated heterocycles. The maximum atomic E-state index is 13.4. The van der Waals surface area contributed by atoms with Gasteiger partial charge >= 0.3 is 0 Å². The monoisotopic (exact) mass is 373 g/mol. The summed E-state index contributed by atoms with van der Waals surface area (Å²) in [7, 11) is 0. The predicted octanol–water partition coefficient (Wildman–Crippen LogP) is 5.82. The van der Waals surface area contributed by atoms with Crippen molar-refractivity contribution in [3.05, 3.63) is 100 Å². The fourth-order valence-corrected chi connectivity index (χ4v) is 5.31. The Kier molecular flexibility index (Phi) is 3.84. The molecular weight excluding hydrogens is 354 g/mol. The smallest absolute Gasteiger partial charge is 0.228 e. The van der Waals surface area contributed by atoms with Crippen LogP contribution >= 0.6 is 11.6 Å². The lowest BCUT2D eigenvalue weighted by Gasteiger charge is -2.49.